The molecule has 100 valence electrons. The molecule has 0 atom stereocenters. The summed E-state index contributed by atoms with van der Waals surface area (Å²) in [6, 6.07) is 17.1. The van der Waals surface area contributed by atoms with Gasteiger partial charge in [-0.05, 0) is 30.7 Å². The Morgan fingerprint density at radius 2 is 1.55 bits per heavy atom. The molecule has 3 heteroatoms. The number of aromatic amines is 1. The molecule has 1 N–H and O–H groups in total. The Bertz CT molecular complexity index is 938. The lowest BCUT2D eigenvalue weighted by Gasteiger charge is -2.02. The van der Waals surface area contributed by atoms with E-state index >= 15 is 0 Å². The largest absolute Gasteiger partial charge is 1.00 e. The third-order valence-electron chi connectivity index (χ3n) is 4.06. The lowest BCUT2D eigenvalue weighted by molar-refractivity contribution is -0.616. The molecule has 2 aromatic carbocycles. The number of hydrogen-bond acceptors (Lipinski definition) is 0. The van der Waals surface area contributed by atoms with Crippen LogP contribution in [0.5, 0.6) is 0 Å². The molecule has 2 heterocycles. The molecule has 0 fully saturated rings. The van der Waals surface area contributed by atoms with E-state index in [1.807, 2.05) is 0 Å². The minimum absolute atomic E-state index is 0. The van der Waals surface area contributed by atoms with E-state index in [2.05, 4.69) is 72.1 Å². The van der Waals surface area contributed by atoms with Gasteiger partial charge in [0.25, 0.3) is 0 Å². The van der Waals surface area contributed by atoms with Crippen molar-refractivity contribution in [2.45, 2.75) is 6.92 Å². The number of nitrogens with one attached hydrogen (secondary N) is 1. The Hall–Kier alpha value is -1.62. The summed E-state index contributed by atoms with van der Waals surface area (Å²) in [5, 5.41) is 2.60. The van der Waals surface area contributed by atoms with E-state index in [0.29, 0.717) is 0 Å². The highest BCUT2D eigenvalue weighted by Crippen LogP contribution is 2.28. The van der Waals surface area contributed by atoms with E-state index in [-0.39, 0.29) is 24.0 Å². The Labute approximate surface area is 134 Å². The van der Waals surface area contributed by atoms with E-state index in [4.69, 9.17) is 0 Å². The Morgan fingerprint density at radius 3 is 2.35 bits per heavy atom. The van der Waals surface area contributed by atoms with E-state index in [0.717, 1.165) is 0 Å². The van der Waals surface area contributed by atoms with Gasteiger partial charge in [-0.25, -0.2) is 0 Å². The van der Waals surface area contributed by atoms with Crippen molar-refractivity contribution in [3.8, 4) is 0 Å². The Balaban J connectivity index is 0.00000121. The second kappa shape index (κ2) is 4.74. The lowest BCUT2D eigenvalue weighted by atomic mass is 10.1. The first-order valence-corrected chi connectivity index (χ1v) is 6.55. The van der Waals surface area contributed by atoms with Gasteiger partial charge in [-0.1, -0.05) is 24.3 Å². The average Bonchev–Trinajstić information content (AvgIpc) is 2.84. The smallest absolute Gasteiger partial charge is 0.238 e. The first-order valence-electron chi connectivity index (χ1n) is 6.55. The van der Waals surface area contributed by atoms with Gasteiger partial charge >= 0.3 is 0 Å². The molecule has 0 saturated carbocycles. The van der Waals surface area contributed by atoms with Crippen LogP contribution < -0.4 is 28.5 Å². The second-order valence-electron chi connectivity index (χ2n) is 5.10. The molecule has 0 amide bonds. The highest BCUT2D eigenvalue weighted by atomic mass is 127. The maximum absolute atomic E-state index is 3.56. The summed E-state index contributed by atoms with van der Waals surface area (Å²) in [5.74, 6) is 0. The molecule has 0 spiro atoms. The molecular weight excluding hydrogens is 359 g/mol. The third kappa shape index (κ3) is 1.66. The SMILES string of the molecule is Cc1c2ccccc2[n+](C)c2c1[nH]c1ccccc12.[I-]. The Kier molecular flexibility index (Phi) is 3.17. The van der Waals surface area contributed by atoms with Gasteiger partial charge in [0.15, 0.2) is 0 Å². The van der Waals surface area contributed by atoms with Crippen LogP contribution in [0.1, 0.15) is 5.56 Å². The number of pyridine rings is 1. The number of benzene rings is 2. The zero-order valence-electron chi connectivity index (χ0n) is 11.4. The molecule has 0 bridgehead atoms. The number of hydrogen-bond donors (Lipinski definition) is 1. The van der Waals surface area contributed by atoms with Gasteiger partial charge < -0.3 is 29.0 Å². The van der Waals surface area contributed by atoms with Crippen LogP contribution in [0.25, 0.3) is 32.8 Å². The molecule has 0 aliphatic rings. The monoisotopic (exact) mass is 374 g/mol. The number of nitrogens with zero attached hydrogens (tertiary/aromatic N) is 1. The number of aromatic nitrogens is 2. The molecule has 0 radical (unpaired) electrons. The summed E-state index contributed by atoms with van der Waals surface area (Å²) < 4.78 is 2.29. The maximum Gasteiger partial charge on any atom is 0.238 e. The van der Waals surface area contributed by atoms with Crippen LogP contribution in [0.2, 0.25) is 0 Å². The van der Waals surface area contributed by atoms with Gasteiger partial charge in [-0.15, -0.1) is 0 Å². The summed E-state index contributed by atoms with van der Waals surface area (Å²) in [5.41, 5.74) is 6.32. The van der Waals surface area contributed by atoms with E-state index in [1.54, 1.807) is 0 Å². The molecule has 2 nitrogen and oxygen atoms in total. The van der Waals surface area contributed by atoms with Crippen molar-refractivity contribution in [3.05, 3.63) is 54.1 Å². The van der Waals surface area contributed by atoms with E-state index < -0.39 is 0 Å². The van der Waals surface area contributed by atoms with E-state index in [1.165, 1.54) is 38.4 Å². The molecule has 0 aliphatic carbocycles. The van der Waals surface area contributed by atoms with Gasteiger partial charge in [0.2, 0.25) is 11.0 Å². The number of para-hydroxylation sites is 2. The summed E-state index contributed by atoms with van der Waals surface area (Å²) in [4.78, 5) is 3.56. The quantitative estimate of drug-likeness (QED) is 0.344. The topological polar surface area (TPSA) is 19.7 Å². The minimum atomic E-state index is 0. The molecule has 2 aromatic heterocycles. The van der Waals surface area contributed by atoms with Gasteiger partial charge in [0.05, 0.1) is 16.3 Å². The van der Waals surface area contributed by atoms with Crippen LogP contribution in [0.4, 0.5) is 0 Å². The van der Waals surface area contributed by atoms with Crippen LogP contribution in [0.15, 0.2) is 48.5 Å². The van der Waals surface area contributed by atoms with Crippen molar-refractivity contribution < 1.29 is 28.5 Å². The van der Waals surface area contributed by atoms with Crippen LogP contribution in [0.3, 0.4) is 0 Å². The molecular formula is C17H15IN2. The second-order valence-corrected chi connectivity index (χ2v) is 5.10. The normalized spacial score (nSPS) is 11.1. The number of fused-ring (bicyclic) bond motifs is 4. The van der Waals surface area contributed by atoms with Gasteiger partial charge in [0, 0.05) is 6.07 Å². The lowest BCUT2D eigenvalue weighted by Crippen LogP contribution is -3.00. The maximum atomic E-state index is 3.56. The standard InChI is InChI=1S/C17H14N2.HI/c1-11-12-7-4-6-10-15(12)19(2)17-13-8-3-5-9-14(13)18-16(11)17;/h3-10H,1-2H3;1H. The first-order chi connectivity index (χ1) is 9.27. The number of H-pyrrole nitrogens is 1. The number of aryl methyl sites for hydroxylation is 2. The molecule has 0 saturated heterocycles. The van der Waals surface area contributed by atoms with Crippen molar-refractivity contribution in [2.75, 3.05) is 0 Å². The van der Waals surface area contributed by atoms with Crippen molar-refractivity contribution >= 4 is 32.8 Å². The van der Waals surface area contributed by atoms with Crippen LogP contribution >= 0.6 is 0 Å². The van der Waals surface area contributed by atoms with Crippen molar-refractivity contribution in [1.82, 2.24) is 4.98 Å². The van der Waals surface area contributed by atoms with E-state index in [9.17, 15) is 0 Å². The van der Waals surface area contributed by atoms with Crippen molar-refractivity contribution in [3.63, 3.8) is 0 Å². The summed E-state index contributed by atoms with van der Waals surface area (Å²) >= 11 is 0. The number of halogens is 1. The van der Waals surface area contributed by atoms with Crippen LogP contribution in [0, 0.1) is 6.92 Å². The minimum Gasteiger partial charge on any atom is -1.00 e. The van der Waals surface area contributed by atoms with Gasteiger partial charge in [0.1, 0.15) is 12.6 Å². The first kappa shape index (κ1) is 13.4. The fourth-order valence-corrected chi connectivity index (χ4v) is 3.09. The number of rotatable bonds is 0. The predicted molar refractivity (Wildman–Crippen MR) is 79.2 cm³/mol. The van der Waals surface area contributed by atoms with Crippen LogP contribution in [-0.4, -0.2) is 4.98 Å². The van der Waals surface area contributed by atoms with Gasteiger partial charge in [-0.3, -0.25) is 0 Å². The molecule has 4 aromatic rings. The summed E-state index contributed by atoms with van der Waals surface area (Å²) in [6.07, 6.45) is 0. The van der Waals surface area contributed by atoms with Crippen molar-refractivity contribution in [1.29, 1.82) is 0 Å². The van der Waals surface area contributed by atoms with Crippen molar-refractivity contribution in [2.24, 2.45) is 7.05 Å². The summed E-state index contributed by atoms with van der Waals surface area (Å²) in [6.45, 7) is 2.19. The highest BCUT2D eigenvalue weighted by Gasteiger charge is 2.19. The fraction of sp³-hybridized carbons (Fsp3) is 0.118. The highest BCUT2D eigenvalue weighted by molar-refractivity contribution is 6.07. The van der Waals surface area contributed by atoms with Crippen LogP contribution in [-0.2, 0) is 7.05 Å². The fourth-order valence-electron chi connectivity index (χ4n) is 3.09. The van der Waals surface area contributed by atoms with Gasteiger partial charge in [-0.2, -0.15) is 4.57 Å². The molecule has 20 heavy (non-hydrogen) atoms. The molecule has 0 aliphatic heterocycles. The zero-order chi connectivity index (χ0) is 13.0. The summed E-state index contributed by atoms with van der Waals surface area (Å²) in [7, 11) is 2.14. The molecule has 4 rings (SSSR count). The predicted octanol–water partition coefficient (Wildman–Crippen LogP) is 0.611. The average molecular weight is 374 g/mol. The molecule has 0 unspecified atom stereocenters. The third-order valence-corrected chi connectivity index (χ3v) is 4.06. The zero-order valence-corrected chi connectivity index (χ0v) is 13.6. The Morgan fingerprint density at radius 1 is 0.900 bits per heavy atom.